The molecule has 1 aromatic carbocycles. The SMILES string of the molecule is O=C(NC1CCN(C(=O)c2ccc3cc[nH]c3c2)CC1)C1CCCCC1. The van der Waals surface area contributed by atoms with Gasteiger partial charge in [-0.25, -0.2) is 0 Å². The first-order valence-electron chi connectivity index (χ1n) is 9.87. The van der Waals surface area contributed by atoms with Gasteiger partial charge < -0.3 is 15.2 Å². The van der Waals surface area contributed by atoms with Crippen LogP contribution in [0, 0.1) is 5.92 Å². The summed E-state index contributed by atoms with van der Waals surface area (Å²) in [5.41, 5.74) is 1.72. The molecule has 5 heteroatoms. The second-order valence-corrected chi connectivity index (χ2v) is 7.69. The lowest BCUT2D eigenvalue weighted by atomic mass is 9.88. The molecule has 1 aromatic heterocycles. The lowest BCUT2D eigenvalue weighted by Gasteiger charge is -2.33. The Labute approximate surface area is 154 Å². The van der Waals surface area contributed by atoms with Crippen molar-refractivity contribution in [2.75, 3.05) is 13.1 Å². The zero-order valence-electron chi connectivity index (χ0n) is 15.2. The average molecular weight is 353 g/mol. The van der Waals surface area contributed by atoms with E-state index in [2.05, 4.69) is 10.3 Å². The summed E-state index contributed by atoms with van der Waals surface area (Å²) in [6.45, 7) is 1.41. The number of hydrogen-bond donors (Lipinski definition) is 2. The highest BCUT2D eigenvalue weighted by molar-refractivity contribution is 5.98. The number of likely N-dealkylation sites (tertiary alicyclic amines) is 1. The van der Waals surface area contributed by atoms with Crippen molar-refractivity contribution in [1.82, 2.24) is 15.2 Å². The molecule has 2 aliphatic rings. The Morgan fingerprint density at radius 1 is 1.00 bits per heavy atom. The van der Waals surface area contributed by atoms with Gasteiger partial charge in [-0.05, 0) is 49.3 Å². The highest BCUT2D eigenvalue weighted by Gasteiger charge is 2.27. The van der Waals surface area contributed by atoms with Crippen molar-refractivity contribution in [3.05, 3.63) is 36.0 Å². The van der Waals surface area contributed by atoms with Gasteiger partial charge >= 0.3 is 0 Å². The maximum absolute atomic E-state index is 12.8. The summed E-state index contributed by atoms with van der Waals surface area (Å²) in [6.07, 6.45) is 9.25. The van der Waals surface area contributed by atoms with Gasteiger partial charge in [0.1, 0.15) is 0 Å². The van der Waals surface area contributed by atoms with Gasteiger partial charge in [0.05, 0.1) is 0 Å². The Morgan fingerprint density at radius 3 is 2.54 bits per heavy atom. The van der Waals surface area contributed by atoms with E-state index in [-0.39, 0.29) is 23.8 Å². The van der Waals surface area contributed by atoms with Gasteiger partial charge in [0.15, 0.2) is 0 Å². The summed E-state index contributed by atoms with van der Waals surface area (Å²) in [7, 11) is 0. The van der Waals surface area contributed by atoms with Crippen LogP contribution < -0.4 is 5.32 Å². The molecule has 2 aromatic rings. The summed E-state index contributed by atoms with van der Waals surface area (Å²) in [5, 5.41) is 4.34. The third-order valence-electron chi connectivity index (χ3n) is 5.91. The van der Waals surface area contributed by atoms with E-state index in [1.807, 2.05) is 35.4 Å². The van der Waals surface area contributed by atoms with Crippen LogP contribution in [0.5, 0.6) is 0 Å². The number of carbonyl (C=O) groups is 2. The third kappa shape index (κ3) is 3.62. The molecule has 1 aliphatic carbocycles. The van der Waals surface area contributed by atoms with E-state index in [9.17, 15) is 9.59 Å². The van der Waals surface area contributed by atoms with Gasteiger partial charge in [-0.2, -0.15) is 0 Å². The minimum Gasteiger partial charge on any atom is -0.361 e. The Hall–Kier alpha value is -2.30. The van der Waals surface area contributed by atoms with Crippen molar-refractivity contribution in [2.24, 2.45) is 5.92 Å². The fourth-order valence-electron chi connectivity index (χ4n) is 4.27. The average Bonchev–Trinajstić information content (AvgIpc) is 3.16. The lowest BCUT2D eigenvalue weighted by Crippen LogP contribution is -2.48. The fourth-order valence-corrected chi connectivity index (χ4v) is 4.27. The highest BCUT2D eigenvalue weighted by atomic mass is 16.2. The number of rotatable bonds is 3. The van der Waals surface area contributed by atoms with Crippen molar-refractivity contribution >= 4 is 22.7 Å². The quantitative estimate of drug-likeness (QED) is 0.887. The number of H-pyrrole nitrogens is 1. The first kappa shape index (κ1) is 17.1. The Bertz CT molecular complexity index is 783. The highest BCUT2D eigenvalue weighted by Crippen LogP contribution is 2.24. The number of piperidine rings is 1. The molecular weight excluding hydrogens is 326 g/mol. The van der Waals surface area contributed by atoms with Crippen LogP contribution in [-0.2, 0) is 4.79 Å². The topological polar surface area (TPSA) is 65.2 Å². The zero-order chi connectivity index (χ0) is 17.9. The molecule has 2 amide bonds. The molecule has 138 valence electrons. The number of nitrogens with zero attached hydrogens (tertiary/aromatic N) is 1. The van der Waals surface area contributed by atoms with Crippen LogP contribution in [0.3, 0.4) is 0 Å². The summed E-state index contributed by atoms with van der Waals surface area (Å²) in [5.74, 6) is 0.515. The number of carbonyl (C=O) groups excluding carboxylic acids is 2. The standard InChI is InChI=1S/C21H27N3O2/c25-20(16-4-2-1-3-5-16)23-18-9-12-24(13-10-18)21(26)17-7-6-15-8-11-22-19(15)14-17/h6-8,11,14,16,18,22H,1-5,9-10,12-13H2,(H,23,25). The maximum Gasteiger partial charge on any atom is 0.253 e. The molecule has 1 aliphatic heterocycles. The second kappa shape index (κ2) is 7.52. The van der Waals surface area contributed by atoms with Gasteiger partial charge in [-0.3, -0.25) is 9.59 Å². The Morgan fingerprint density at radius 2 is 1.77 bits per heavy atom. The predicted octanol–water partition coefficient (Wildman–Crippen LogP) is 3.47. The van der Waals surface area contributed by atoms with Crippen LogP contribution in [0.4, 0.5) is 0 Å². The summed E-state index contributed by atoms with van der Waals surface area (Å²) >= 11 is 0. The molecule has 2 heterocycles. The van der Waals surface area contributed by atoms with Gasteiger partial charge in [0.25, 0.3) is 5.91 Å². The monoisotopic (exact) mass is 353 g/mol. The molecule has 1 saturated carbocycles. The van der Waals surface area contributed by atoms with Crippen LogP contribution in [-0.4, -0.2) is 40.8 Å². The second-order valence-electron chi connectivity index (χ2n) is 7.69. The molecular formula is C21H27N3O2. The summed E-state index contributed by atoms with van der Waals surface area (Å²) in [6, 6.07) is 8.02. The number of amides is 2. The molecule has 0 atom stereocenters. The predicted molar refractivity (Wildman–Crippen MR) is 102 cm³/mol. The normalized spacial score (nSPS) is 19.6. The van der Waals surface area contributed by atoms with Crippen LogP contribution >= 0.6 is 0 Å². The van der Waals surface area contributed by atoms with E-state index >= 15 is 0 Å². The molecule has 0 spiro atoms. The van der Waals surface area contributed by atoms with E-state index in [0.717, 1.165) is 42.1 Å². The van der Waals surface area contributed by atoms with Crippen molar-refractivity contribution in [3.63, 3.8) is 0 Å². The lowest BCUT2D eigenvalue weighted by molar-refractivity contribution is -0.126. The van der Waals surface area contributed by atoms with Crippen LogP contribution in [0.15, 0.2) is 30.5 Å². The number of aromatic amines is 1. The van der Waals surface area contributed by atoms with Gasteiger partial charge in [-0.1, -0.05) is 25.3 Å². The Kier molecular flexibility index (Phi) is 4.96. The fraction of sp³-hybridized carbons (Fsp3) is 0.524. The molecule has 5 nitrogen and oxygen atoms in total. The van der Waals surface area contributed by atoms with E-state index in [1.165, 1.54) is 19.3 Å². The molecule has 0 unspecified atom stereocenters. The molecule has 1 saturated heterocycles. The summed E-state index contributed by atoms with van der Waals surface area (Å²) < 4.78 is 0. The van der Waals surface area contributed by atoms with Crippen molar-refractivity contribution in [1.29, 1.82) is 0 Å². The maximum atomic E-state index is 12.8. The zero-order valence-corrected chi connectivity index (χ0v) is 15.2. The van der Waals surface area contributed by atoms with E-state index < -0.39 is 0 Å². The smallest absolute Gasteiger partial charge is 0.253 e. The third-order valence-corrected chi connectivity index (χ3v) is 5.91. The van der Waals surface area contributed by atoms with E-state index in [0.29, 0.717) is 13.1 Å². The molecule has 0 radical (unpaired) electrons. The molecule has 26 heavy (non-hydrogen) atoms. The molecule has 0 bridgehead atoms. The van der Waals surface area contributed by atoms with Crippen LogP contribution in [0.1, 0.15) is 55.3 Å². The van der Waals surface area contributed by atoms with Crippen molar-refractivity contribution in [2.45, 2.75) is 51.0 Å². The number of aromatic nitrogens is 1. The summed E-state index contributed by atoms with van der Waals surface area (Å²) in [4.78, 5) is 30.2. The van der Waals surface area contributed by atoms with Crippen molar-refractivity contribution in [3.8, 4) is 0 Å². The number of nitrogens with one attached hydrogen (secondary N) is 2. The largest absolute Gasteiger partial charge is 0.361 e. The minimum atomic E-state index is 0.0820. The van der Waals surface area contributed by atoms with E-state index in [1.54, 1.807) is 0 Å². The minimum absolute atomic E-state index is 0.0820. The van der Waals surface area contributed by atoms with Crippen molar-refractivity contribution < 1.29 is 9.59 Å². The van der Waals surface area contributed by atoms with Gasteiger partial charge in [0.2, 0.25) is 5.91 Å². The van der Waals surface area contributed by atoms with Gasteiger partial charge in [0, 0.05) is 42.3 Å². The molecule has 2 N–H and O–H groups in total. The van der Waals surface area contributed by atoms with Gasteiger partial charge in [-0.15, -0.1) is 0 Å². The number of hydrogen-bond acceptors (Lipinski definition) is 2. The first-order chi connectivity index (χ1) is 12.7. The van der Waals surface area contributed by atoms with Crippen LogP contribution in [0.25, 0.3) is 10.9 Å². The van der Waals surface area contributed by atoms with E-state index in [4.69, 9.17) is 0 Å². The van der Waals surface area contributed by atoms with Crippen LogP contribution in [0.2, 0.25) is 0 Å². The first-order valence-corrected chi connectivity index (χ1v) is 9.87. The number of fused-ring (bicyclic) bond motifs is 1. The Balaban J connectivity index is 1.31. The number of benzene rings is 1. The molecule has 4 rings (SSSR count). The molecule has 2 fully saturated rings.